The van der Waals surface area contributed by atoms with E-state index in [2.05, 4.69) is 32.7 Å². The summed E-state index contributed by atoms with van der Waals surface area (Å²) < 4.78 is 7.41. The fraction of sp³-hybridized carbons (Fsp3) is 0.412. The number of para-hydroxylation sites is 1. The summed E-state index contributed by atoms with van der Waals surface area (Å²) >= 11 is 0. The monoisotopic (exact) mass is 443 g/mol. The molecular formula is C17H26IN5O. The molecule has 0 atom stereocenters. The number of ether oxygens (including phenoxy) is 1. The number of hydrogen-bond acceptors (Lipinski definition) is 3. The standard InChI is InChI=1S/C17H25N5O.HI/c1-17(2,23-4)12-21-16(18-3)20-11-14-7-5-6-8-15(14)22-10-9-19-13-22;/h5-10,13H,11-12H2,1-4H3,(H2,18,20,21);1H. The van der Waals surface area contributed by atoms with Crippen molar-refractivity contribution in [1.29, 1.82) is 0 Å². The van der Waals surface area contributed by atoms with Crippen molar-refractivity contribution in [2.75, 3.05) is 20.7 Å². The van der Waals surface area contributed by atoms with E-state index in [1.54, 1.807) is 26.7 Å². The highest BCUT2D eigenvalue weighted by Crippen LogP contribution is 2.13. The zero-order valence-electron chi connectivity index (χ0n) is 14.6. The lowest BCUT2D eigenvalue weighted by molar-refractivity contribution is 0.0268. The fourth-order valence-corrected chi connectivity index (χ4v) is 2.08. The van der Waals surface area contributed by atoms with Gasteiger partial charge in [0, 0.05) is 39.6 Å². The average Bonchev–Trinajstić information content (AvgIpc) is 3.09. The van der Waals surface area contributed by atoms with Crippen molar-refractivity contribution in [2.24, 2.45) is 4.99 Å². The van der Waals surface area contributed by atoms with Gasteiger partial charge in [-0.1, -0.05) is 18.2 Å². The molecule has 0 saturated heterocycles. The molecule has 0 aliphatic carbocycles. The summed E-state index contributed by atoms with van der Waals surface area (Å²) in [5.41, 5.74) is 2.02. The molecule has 0 amide bonds. The summed E-state index contributed by atoms with van der Waals surface area (Å²) in [6.07, 6.45) is 5.51. The van der Waals surface area contributed by atoms with Crippen molar-refractivity contribution in [1.82, 2.24) is 20.2 Å². The van der Waals surface area contributed by atoms with E-state index in [1.165, 1.54) is 5.56 Å². The summed E-state index contributed by atoms with van der Waals surface area (Å²) in [7, 11) is 3.47. The number of halogens is 1. The molecule has 0 fully saturated rings. The van der Waals surface area contributed by atoms with E-state index in [4.69, 9.17) is 4.74 Å². The highest BCUT2D eigenvalue weighted by atomic mass is 127. The molecule has 2 N–H and O–H groups in total. The Kier molecular flexibility index (Phi) is 8.20. The predicted octanol–water partition coefficient (Wildman–Crippen LogP) is 2.58. The number of methoxy groups -OCH3 is 1. The Morgan fingerprint density at radius 2 is 2.04 bits per heavy atom. The first-order valence-electron chi connectivity index (χ1n) is 7.61. The van der Waals surface area contributed by atoms with Crippen molar-refractivity contribution in [2.45, 2.75) is 26.0 Å². The number of nitrogens with one attached hydrogen (secondary N) is 2. The summed E-state index contributed by atoms with van der Waals surface area (Å²) in [6.45, 7) is 5.40. The van der Waals surface area contributed by atoms with Gasteiger partial charge in [-0.3, -0.25) is 4.99 Å². The van der Waals surface area contributed by atoms with Crippen LogP contribution in [0.4, 0.5) is 0 Å². The molecule has 24 heavy (non-hydrogen) atoms. The molecule has 0 radical (unpaired) electrons. The van der Waals surface area contributed by atoms with Gasteiger partial charge in [-0.2, -0.15) is 0 Å². The van der Waals surface area contributed by atoms with Crippen LogP contribution < -0.4 is 10.6 Å². The van der Waals surface area contributed by atoms with Crippen LogP contribution >= 0.6 is 24.0 Å². The Labute approximate surface area is 160 Å². The Bertz CT molecular complexity index is 640. The van der Waals surface area contributed by atoms with Gasteiger partial charge in [0.1, 0.15) is 0 Å². The third-order valence-electron chi connectivity index (χ3n) is 3.68. The minimum Gasteiger partial charge on any atom is -0.377 e. The molecule has 1 aromatic heterocycles. The van der Waals surface area contributed by atoms with E-state index in [0.29, 0.717) is 13.1 Å². The van der Waals surface area contributed by atoms with Crippen molar-refractivity contribution in [3.05, 3.63) is 48.5 Å². The zero-order chi connectivity index (χ0) is 16.7. The smallest absolute Gasteiger partial charge is 0.191 e. The predicted molar refractivity (Wildman–Crippen MR) is 108 cm³/mol. The first-order chi connectivity index (χ1) is 11.1. The largest absolute Gasteiger partial charge is 0.377 e. The van der Waals surface area contributed by atoms with Crippen LogP contribution in [0.5, 0.6) is 0 Å². The second-order valence-electron chi connectivity index (χ2n) is 5.84. The number of benzene rings is 1. The number of hydrogen-bond donors (Lipinski definition) is 2. The second-order valence-corrected chi connectivity index (χ2v) is 5.84. The van der Waals surface area contributed by atoms with Gasteiger partial charge in [0.15, 0.2) is 5.96 Å². The Hall–Kier alpha value is -1.61. The topological polar surface area (TPSA) is 63.5 Å². The minimum absolute atomic E-state index is 0. The van der Waals surface area contributed by atoms with E-state index in [1.807, 2.05) is 36.7 Å². The summed E-state index contributed by atoms with van der Waals surface area (Å²) in [5, 5.41) is 6.61. The van der Waals surface area contributed by atoms with Crippen molar-refractivity contribution < 1.29 is 4.74 Å². The average molecular weight is 443 g/mol. The van der Waals surface area contributed by atoms with Gasteiger partial charge in [0.2, 0.25) is 0 Å². The molecule has 132 valence electrons. The Morgan fingerprint density at radius 3 is 2.67 bits per heavy atom. The molecule has 0 spiro atoms. The zero-order valence-corrected chi connectivity index (χ0v) is 16.9. The molecule has 0 aliphatic rings. The van der Waals surface area contributed by atoms with Crippen LogP contribution in [0.2, 0.25) is 0 Å². The molecule has 2 rings (SSSR count). The molecule has 6 nitrogen and oxygen atoms in total. The first kappa shape index (κ1) is 20.4. The molecule has 0 bridgehead atoms. The fourth-order valence-electron chi connectivity index (χ4n) is 2.08. The summed E-state index contributed by atoms with van der Waals surface area (Å²) in [5.74, 6) is 0.746. The van der Waals surface area contributed by atoms with Crippen molar-refractivity contribution in [3.8, 4) is 5.69 Å². The lowest BCUT2D eigenvalue weighted by Crippen LogP contribution is -2.45. The maximum absolute atomic E-state index is 5.41. The highest BCUT2D eigenvalue weighted by molar-refractivity contribution is 14.0. The molecule has 0 aliphatic heterocycles. The Balaban J connectivity index is 0.00000288. The van der Waals surface area contributed by atoms with E-state index < -0.39 is 0 Å². The van der Waals surface area contributed by atoms with E-state index in [-0.39, 0.29) is 29.6 Å². The third-order valence-corrected chi connectivity index (χ3v) is 3.68. The molecule has 2 aromatic rings. The van der Waals surface area contributed by atoms with Crippen LogP contribution in [0.15, 0.2) is 48.0 Å². The third kappa shape index (κ3) is 5.79. The van der Waals surface area contributed by atoms with E-state index in [9.17, 15) is 0 Å². The van der Waals surface area contributed by atoms with Gasteiger partial charge >= 0.3 is 0 Å². The number of aromatic nitrogens is 2. The van der Waals surface area contributed by atoms with E-state index in [0.717, 1.165) is 11.6 Å². The second kappa shape index (κ2) is 9.63. The van der Waals surface area contributed by atoms with Gasteiger partial charge in [-0.25, -0.2) is 4.98 Å². The molecule has 0 saturated carbocycles. The molecule has 1 aromatic carbocycles. The van der Waals surface area contributed by atoms with Crippen molar-refractivity contribution >= 4 is 29.9 Å². The van der Waals surface area contributed by atoms with Crippen molar-refractivity contribution in [3.63, 3.8) is 0 Å². The molecule has 1 heterocycles. The summed E-state index contributed by atoms with van der Waals surface area (Å²) in [6, 6.07) is 8.21. The van der Waals surface area contributed by atoms with Crippen LogP contribution in [-0.2, 0) is 11.3 Å². The summed E-state index contributed by atoms with van der Waals surface area (Å²) in [4.78, 5) is 8.36. The van der Waals surface area contributed by atoms with Crippen LogP contribution in [0.1, 0.15) is 19.4 Å². The normalized spacial score (nSPS) is 11.8. The SMILES string of the molecule is CN=C(NCc1ccccc1-n1ccnc1)NCC(C)(C)OC.I. The van der Waals surface area contributed by atoms with Gasteiger partial charge in [0.05, 0.1) is 17.6 Å². The van der Waals surface area contributed by atoms with Crippen LogP contribution in [-0.4, -0.2) is 41.8 Å². The first-order valence-corrected chi connectivity index (χ1v) is 7.61. The highest BCUT2D eigenvalue weighted by Gasteiger charge is 2.16. The maximum atomic E-state index is 5.41. The molecular weight excluding hydrogens is 417 g/mol. The molecule has 0 unspecified atom stereocenters. The number of imidazole rings is 1. The quantitative estimate of drug-likeness (QED) is 0.410. The maximum Gasteiger partial charge on any atom is 0.191 e. The number of guanidine groups is 1. The number of nitrogens with zero attached hydrogens (tertiary/aromatic N) is 3. The lowest BCUT2D eigenvalue weighted by Gasteiger charge is -2.24. The van der Waals surface area contributed by atoms with Crippen LogP contribution in [0.25, 0.3) is 5.69 Å². The minimum atomic E-state index is -0.244. The van der Waals surface area contributed by atoms with Gasteiger partial charge in [-0.05, 0) is 25.5 Å². The van der Waals surface area contributed by atoms with Gasteiger partial charge < -0.3 is 19.9 Å². The van der Waals surface area contributed by atoms with Crippen LogP contribution in [0, 0.1) is 0 Å². The van der Waals surface area contributed by atoms with E-state index >= 15 is 0 Å². The van der Waals surface area contributed by atoms with Gasteiger partial charge in [0.25, 0.3) is 0 Å². The number of aliphatic imine (C=N–C) groups is 1. The lowest BCUT2D eigenvalue weighted by atomic mass is 10.1. The number of rotatable bonds is 6. The molecule has 7 heteroatoms. The van der Waals surface area contributed by atoms with Gasteiger partial charge in [-0.15, -0.1) is 24.0 Å². The van der Waals surface area contributed by atoms with Crippen LogP contribution in [0.3, 0.4) is 0 Å². The Morgan fingerprint density at radius 1 is 1.29 bits per heavy atom.